The molecule has 70 valence electrons. The fourth-order valence-electron chi connectivity index (χ4n) is 1.27. The van der Waals surface area contributed by atoms with Gasteiger partial charge >= 0.3 is 0 Å². The largest absolute Gasteiger partial charge is 0.398 e. The Morgan fingerprint density at radius 1 is 1.46 bits per heavy atom. The van der Waals surface area contributed by atoms with E-state index in [4.69, 9.17) is 17.3 Å². The first kappa shape index (κ1) is 8.85. The number of rotatable bonds is 3. The van der Waals surface area contributed by atoms with Crippen molar-refractivity contribution in [2.75, 3.05) is 5.73 Å². The molecule has 3 heteroatoms. The zero-order chi connectivity index (χ0) is 9.26. The molecule has 0 saturated heterocycles. The van der Waals surface area contributed by atoms with Crippen LogP contribution in [0.1, 0.15) is 18.4 Å². The minimum absolute atomic E-state index is 0.702. The normalized spacial score (nSPS) is 16.1. The quantitative estimate of drug-likeness (QED) is 0.728. The van der Waals surface area contributed by atoms with Gasteiger partial charge in [-0.05, 0) is 30.5 Å². The van der Waals surface area contributed by atoms with Crippen LogP contribution in [0.3, 0.4) is 0 Å². The molecule has 1 aliphatic carbocycles. The van der Waals surface area contributed by atoms with Crippen LogP contribution in [0.5, 0.6) is 0 Å². The first-order valence-corrected chi connectivity index (χ1v) is 4.91. The van der Waals surface area contributed by atoms with Crippen LogP contribution in [0.25, 0.3) is 0 Å². The van der Waals surface area contributed by atoms with E-state index < -0.39 is 0 Å². The number of benzene rings is 1. The maximum absolute atomic E-state index is 5.80. The van der Waals surface area contributed by atoms with Gasteiger partial charge in [0.1, 0.15) is 0 Å². The van der Waals surface area contributed by atoms with Crippen molar-refractivity contribution in [3.8, 4) is 0 Å². The van der Waals surface area contributed by atoms with Crippen molar-refractivity contribution in [1.29, 1.82) is 0 Å². The first-order valence-electron chi connectivity index (χ1n) is 4.53. The number of nitrogen functional groups attached to an aromatic ring is 1. The van der Waals surface area contributed by atoms with E-state index in [2.05, 4.69) is 5.32 Å². The maximum atomic E-state index is 5.80. The Morgan fingerprint density at radius 2 is 2.23 bits per heavy atom. The van der Waals surface area contributed by atoms with Gasteiger partial charge in [-0.2, -0.15) is 0 Å². The molecule has 0 amide bonds. The lowest BCUT2D eigenvalue weighted by atomic mass is 10.2. The minimum atomic E-state index is 0.702. The molecule has 1 aliphatic rings. The van der Waals surface area contributed by atoms with Crippen LogP contribution in [0.4, 0.5) is 5.69 Å². The number of hydrogen-bond donors (Lipinski definition) is 2. The van der Waals surface area contributed by atoms with Crippen LogP contribution in [-0.4, -0.2) is 6.04 Å². The van der Waals surface area contributed by atoms with Gasteiger partial charge in [0.05, 0.1) is 0 Å². The molecule has 1 fully saturated rings. The number of halogens is 1. The summed E-state index contributed by atoms with van der Waals surface area (Å²) in [5, 5.41) is 4.11. The Labute approximate surface area is 83.1 Å². The number of anilines is 1. The molecule has 2 rings (SSSR count). The van der Waals surface area contributed by atoms with Gasteiger partial charge in [0.25, 0.3) is 0 Å². The highest BCUT2D eigenvalue weighted by Gasteiger charge is 2.20. The van der Waals surface area contributed by atoms with Crippen molar-refractivity contribution in [2.45, 2.75) is 25.4 Å². The van der Waals surface area contributed by atoms with E-state index in [0.717, 1.165) is 23.8 Å². The highest BCUT2D eigenvalue weighted by Crippen LogP contribution is 2.22. The molecule has 0 spiro atoms. The van der Waals surface area contributed by atoms with Crippen molar-refractivity contribution in [1.82, 2.24) is 5.32 Å². The molecule has 0 aliphatic heterocycles. The lowest BCUT2D eigenvalue weighted by molar-refractivity contribution is 0.689. The number of nitrogens with one attached hydrogen (secondary N) is 1. The Hall–Kier alpha value is -0.730. The van der Waals surface area contributed by atoms with E-state index in [1.807, 2.05) is 12.1 Å². The van der Waals surface area contributed by atoms with Gasteiger partial charge in [-0.25, -0.2) is 0 Å². The molecule has 0 radical (unpaired) electrons. The molecule has 0 aromatic heterocycles. The second-order valence-electron chi connectivity index (χ2n) is 3.50. The van der Waals surface area contributed by atoms with Gasteiger partial charge < -0.3 is 11.1 Å². The van der Waals surface area contributed by atoms with E-state index in [0.29, 0.717) is 5.02 Å². The van der Waals surface area contributed by atoms with Crippen LogP contribution in [0, 0.1) is 0 Å². The molecule has 1 aromatic carbocycles. The van der Waals surface area contributed by atoms with E-state index in [-0.39, 0.29) is 0 Å². The van der Waals surface area contributed by atoms with Crippen molar-refractivity contribution in [3.05, 3.63) is 28.8 Å². The van der Waals surface area contributed by atoms with E-state index >= 15 is 0 Å². The standard InChI is InChI=1S/C10H13ClN2/c11-8-2-1-7(10(12)5-8)6-13-9-3-4-9/h1-2,5,9,13H,3-4,6,12H2. The summed E-state index contributed by atoms with van der Waals surface area (Å²) in [4.78, 5) is 0. The van der Waals surface area contributed by atoms with Crippen LogP contribution in [-0.2, 0) is 6.54 Å². The molecule has 0 heterocycles. The van der Waals surface area contributed by atoms with Gasteiger partial charge in [0.2, 0.25) is 0 Å². The predicted octanol–water partition coefficient (Wildman–Crippen LogP) is 2.17. The molecule has 0 bridgehead atoms. The summed E-state index contributed by atoms with van der Waals surface area (Å²) in [5.74, 6) is 0. The Bertz CT molecular complexity index is 308. The average Bonchev–Trinajstić information content (AvgIpc) is 2.86. The third-order valence-electron chi connectivity index (χ3n) is 2.27. The minimum Gasteiger partial charge on any atom is -0.398 e. The molecule has 3 N–H and O–H groups in total. The second-order valence-corrected chi connectivity index (χ2v) is 3.93. The molecule has 2 nitrogen and oxygen atoms in total. The highest BCUT2D eigenvalue weighted by atomic mass is 35.5. The second kappa shape index (κ2) is 3.56. The highest BCUT2D eigenvalue weighted by molar-refractivity contribution is 6.30. The molecule has 0 unspecified atom stereocenters. The van der Waals surface area contributed by atoms with Crippen molar-refractivity contribution >= 4 is 17.3 Å². The molecule has 0 atom stereocenters. The average molecular weight is 197 g/mol. The van der Waals surface area contributed by atoms with Crippen LogP contribution < -0.4 is 11.1 Å². The van der Waals surface area contributed by atoms with Crippen molar-refractivity contribution in [2.24, 2.45) is 0 Å². The van der Waals surface area contributed by atoms with Crippen LogP contribution in [0.2, 0.25) is 5.02 Å². The lowest BCUT2D eigenvalue weighted by Gasteiger charge is -2.06. The maximum Gasteiger partial charge on any atom is 0.0426 e. The van der Waals surface area contributed by atoms with Crippen molar-refractivity contribution < 1.29 is 0 Å². The zero-order valence-electron chi connectivity index (χ0n) is 7.39. The first-order chi connectivity index (χ1) is 6.25. The molecule has 13 heavy (non-hydrogen) atoms. The fraction of sp³-hybridized carbons (Fsp3) is 0.400. The fourth-order valence-corrected chi connectivity index (χ4v) is 1.45. The SMILES string of the molecule is Nc1cc(Cl)ccc1CNC1CC1. The monoisotopic (exact) mass is 196 g/mol. The van der Waals surface area contributed by atoms with Gasteiger partial charge in [-0.1, -0.05) is 17.7 Å². The van der Waals surface area contributed by atoms with E-state index in [1.165, 1.54) is 12.8 Å². The molecule has 1 saturated carbocycles. The molecular formula is C10H13ClN2. The number of nitrogens with two attached hydrogens (primary N) is 1. The van der Waals surface area contributed by atoms with E-state index in [1.54, 1.807) is 6.07 Å². The van der Waals surface area contributed by atoms with E-state index in [9.17, 15) is 0 Å². The van der Waals surface area contributed by atoms with Gasteiger partial charge in [0.15, 0.2) is 0 Å². The summed E-state index contributed by atoms with van der Waals surface area (Å²) >= 11 is 5.79. The van der Waals surface area contributed by atoms with Gasteiger partial charge in [0, 0.05) is 23.3 Å². The zero-order valence-corrected chi connectivity index (χ0v) is 8.14. The van der Waals surface area contributed by atoms with Gasteiger partial charge in [-0.15, -0.1) is 0 Å². The third-order valence-corrected chi connectivity index (χ3v) is 2.50. The van der Waals surface area contributed by atoms with Crippen molar-refractivity contribution in [3.63, 3.8) is 0 Å². The third kappa shape index (κ3) is 2.36. The van der Waals surface area contributed by atoms with Crippen LogP contribution in [0.15, 0.2) is 18.2 Å². The topological polar surface area (TPSA) is 38.0 Å². The van der Waals surface area contributed by atoms with Gasteiger partial charge in [-0.3, -0.25) is 0 Å². The van der Waals surface area contributed by atoms with Crippen LogP contribution >= 0.6 is 11.6 Å². The summed E-state index contributed by atoms with van der Waals surface area (Å²) in [6.07, 6.45) is 2.60. The lowest BCUT2D eigenvalue weighted by Crippen LogP contribution is -2.16. The summed E-state index contributed by atoms with van der Waals surface area (Å²) in [7, 11) is 0. The summed E-state index contributed by atoms with van der Waals surface area (Å²) < 4.78 is 0. The summed E-state index contributed by atoms with van der Waals surface area (Å²) in [6.45, 7) is 0.855. The Morgan fingerprint density at radius 3 is 2.85 bits per heavy atom. The molecular weight excluding hydrogens is 184 g/mol. The molecule has 1 aromatic rings. The summed E-state index contributed by atoms with van der Waals surface area (Å²) in [5.41, 5.74) is 7.72. The number of hydrogen-bond acceptors (Lipinski definition) is 2. The predicted molar refractivity (Wildman–Crippen MR) is 55.7 cm³/mol. The Balaban J connectivity index is 2.01. The smallest absolute Gasteiger partial charge is 0.0426 e. The Kier molecular flexibility index (Phi) is 2.42. The summed E-state index contributed by atoms with van der Waals surface area (Å²) in [6, 6.07) is 6.37.